The van der Waals surface area contributed by atoms with Crippen LogP contribution in [0, 0.1) is 0 Å². The predicted molar refractivity (Wildman–Crippen MR) is 112 cm³/mol. The third-order valence-electron chi connectivity index (χ3n) is 4.87. The summed E-state index contributed by atoms with van der Waals surface area (Å²) < 4.78 is 15.4. The van der Waals surface area contributed by atoms with Gasteiger partial charge in [-0.2, -0.15) is 0 Å². The fraction of sp³-hybridized carbons (Fsp3) is 0.304. The fourth-order valence-electron chi connectivity index (χ4n) is 3.28. The number of hydrogen-bond donors (Lipinski definition) is 1. The number of ether oxygens (including phenoxy) is 3. The van der Waals surface area contributed by atoms with E-state index in [1.54, 1.807) is 36.4 Å². The lowest BCUT2D eigenvalue weighted by Gasteiger charge is -2.35. The van der Waals surface area contributed by atoms with Gasteiger partial charge >= 0.3 is 12.1 Å². The Labute approximate surface area is 185 Å². The molecule has 32 heavy (non-hydrogen) atoms. The number of piperidine rings is 1. The summed E-state index contributed by atoms with van der Waals surface area (Å²) in [6.45, 7) is 1.15. The second kappa shape index (κ2) is 10.4. The molecule has 1 aliphatic heterocycles. The molecule has 9 heteroatoms. The number of nitrogens with zero attached hydrogens (tertiary/aromatic N) is 1. The zero-order valence-electron chi connectivity index (χ0n) is 17.8. The number of likely N-dealkylation sites (tertiary alicyclic amines) is 1. The van der Waals surface area contributed by atoms with Crippen molar-refractivity contribution in [2.24, 2.45) is 0 Å². The molecule has 2 aromatic carbocycles. The first-order valence-electron chi connectivity index (χ1n) is 10.00. The Kier molecular flexibility index (Phi) is 7.43. The molecule has 1 saturated heterocycles. The number of rotatable bonds is 7. The van der Waals surface area contributed by atoms with E-state index in [0.717, 1.165) is 10.5 Å². The number of methoxy groups -OCH3 is 1. The van der Waals surface area contributed by atoms with E-state index in [1.807, 2.05) is 18.2 Å². The highest BCUT2D eigenvalue weighted by Crippen LogP contribution is 2.21. The Balaban J connectivity index is 1.71. The molecular formula is C23H24N2O7. The Hall–Kier alpha value is -3.88. The third-order valence-corrected chi connectivity index (χ3v) is 4.87. The molecule has 1 heterocycles. The van der Waals surface area contributed by atoms with E-state index >= 15 is 0 Å². The molecule has 9 nitrogen and oxygen atoms in total. The van der Waals surface area contributed by atoms with Crippen molar-refractivity contribution in [3.8, 4) is 5.75 Å². The number of carbonyl (C=O) groups is 4. The summed E-state index contributed by atoms with van der Waals surface area (Å²) in [6.07, 6.45) is -2.17. The molecule has 1 fully saturated rings. The average molecular weight is 440 g/mol. The molecule has 1 N–H and O–H groups in total. The summed E-state index contributed by atoms with van der Waals surface area (Å²) in [5.41, 5.74) is 1.45. The topological polar surface area (TPSA) is 111 Å². The first-order valence-corrected chi connectivity index (χ1v) is 10.00. The van der Waals surface area contributed by atoms with Crippen LogP contribution < -0.4 is 10.1 Å². The standard InChI is InChI=1S/C23H24N2O7/c1-15(26)32-20-12-19(24-23(29)31-14-17-6-4-3-5-7-17)21(27)25(22(20)28)13-16-8-10-18(30-2)11-9-16/h3-11,19-20H,12-14H2,1-2H3,(H,24,29). The highest BCUT2D eigenvalue weighted by atomic mass is 16.6. The van der Waals surface area contributed by atoms with Crippen molar-refractivity contribution in [2.75, 3.05) is 7.11 Å². The van der Waals surface area contributed by atoms with Gasteiger partial charge in [0, 0.05) is 13.3 Å². The number of esters is 1. The number of benzene rings is 2. The van der Waals surface area contributed by atoms with Crippen molar-refractivity contribution in [3.05, 3.63) is 65.7 Å². The smallest absolute Gasteiger partial charge is 0.408 e. The van der Waals surface area contributed by atoms with Crippen molar-refractivity contribution in [1.29, 1.82) is 0 Å². The number of carbonyl (C=O) groups excluding carboxylic acids is 4. The largest absolute Gasteiger partial charge is 0.497 e. The zero-order chi connectivity index (χ0) is 23.1. The normalized spacial score (nSPS) is 18.1. The minimum Gasteiger partial charge on any atom is -0.497 e. The molecule has 1 aliphatic rings. The first-order chi connectivity index (χ1) is 15.4. The average Bonchev–Trinajstić information content (AvgIpc) is 2.79. The summed E-state index contributed by atoms with van der Waals surface area (Å²) in [6, 6.07) is 14.8. The van der Waals surface area contributed by atoms with Crippen molar-refractivity contribution in [2.45, 2.75) is 38.6 Å². The monoisotopic (exact) mass is 440 g/mol. The van der Waals surface area contributed by atoms with Crippen LogP contribution >= 0.6 is 0 Å². The molecule has 2 aromatic rings. The van der Waals surface area contributed by atoms with Crippen LogP contribution in [0.1, 0.15) is 24.5 Å². The number of amides is 3. The van der Waals surface area contributed by atoms with E-state index < -0.39 is 36.0 Å². The minimum atomic E-state index is -1.19. The van der Waals surface area contributed by atoms with Crippen LogP contribution in [0.2, 0.25) is 0 Å². The lowest BCUT2D eigenvalue weighted by atomic mass is 10.00. The van der Waals surface area contributed by atoms with Crippen molar-refractivity contribution < 1.29 is 33.4 Å². The molecule has 2 atom stereocenters. The van der Waals surface area contributed by atoms with E-state index in [0.29, 0.717) is 11.3 Å². The highest BCUT2D eigenvalue weighted by molar-refractivity contribution is 6.03. The number of imide groups is 1. The van der Waals surface area contributed by atoms with Crippen LogP contribution in [0.5, 0.6) is 5.75 Å². The quantitative estimate of drug-likeness (QED) is 0.519. The molecule has 0 bridgehead atoms. The van der Waals surface area contributed by atoms with Gasteiger partial charge in [0.1, 0.15) is 18.4 Å². The van der Waals surface area contributed by atoms with Crippen LogP contribution in [0.15, 0.2) is 54.6 Å². The van der Waals surface area contributed by atoms with Gasteiger partial charge in [-0.15, -0.1) is 0 Å². The zero-order valence-corrected chi connectivity index (χ0v) is 17.8. The number of nitrogens with one attached hydrogen (secondary N) is 1. The third kappa shape index (κ3) is 5.84. The van der Waals surface area contributed by atoms with Crippen LogP contribution in [-0.4, -0.2) is 48.0 Å². The lowest BCUT2D eigenvalue weighted by Crippen LogP contribution is -2.59. The molecule has 2 unspecified atom stereocenters. The van der Waals surface area contributed by atoms with E-state index in [2.05, 4.69) is 5.32 Å². The molecule has 3 rings (SSSR count). The van der Waals surface area contributed by atoms with Crippen molar-refractivity contribution in [3.63, 3.8) is 0 Å². The van der Waals surface area contributed by atoms with Gasteiger partial charge in [0.2, 0.25) is 0 Å². The highest BCUT2D eigenvalue weighted by Gasteiger charge is 2.43. The van der Waals surface area contributed by atoms with E-state index in [4.69, 9.17) is 14.2 Å². The SMILES string of the molecule is COc1ccc(CN2C(=O)C(NC(=O)OCc3ccccc3)CC(OC(C)=O)C2=O)cc1. The predicted octanol–water partition coefficient (Wildman–Crippen LogP) is 2.18. The van der Waals surface area contributed by atoms with Crippen LogP contribution in [0.4, 0.5) is 4.79 Å². The summed E-state index contributed by atoms with van der Waals surface area (Å²) in [7, 11) is 1.53. The molecule has 0 spiro atoms. The van der Waals surface area contributed by atoms with Gasteiger partial charge in [-0.05, 0) is 23.3 Å². The first kappa shape index (κ1) is 22.8. The van der Waals surface area contributed by atoms with Crippen molar-refractivity contribution >= 4 is 23.9 Å². The molecule has 0 aliphatic carbocycles. The Morgan fingerprint density at radius 3 is 2.31 bits per heavy atom. The molecule has 3 amide bonds. The summed E-state index contributed by atoms with van der Waals surface area (Å²) in [4.78, 5) is 50.5. The molecule has 0 radical (unpaired) electrons. The van der Waals surface area contributed by atoms with E-state index in [-0.39, 0.29) is 19.6 Å². The summed E-state index contributed by atoms with van der Waals surface area (Å²) in [5.74, 6) is -1.28. The van der Waals surface area contributed by atoms with Gasteiger partial charge in [0.05, 0.1) is 13.7 Å². The maximum atomic E-state index is 13.0. The second-order valence-corrected chi connectivity index (χ2v) is 7.20. The Bertz CT molecular complexity index is 976. The molecular weight excluding hydrogens is 416 g/mol. The maximum Gasteiger partial charge on any atom is 0.408 e. The van der Waals surface area contributed by atoms with Gasteiger partial charge in [-0.1, -0.05) is 42.5 Å². The fourth-order valence-corrected chi connectivity index (χ4v) is 3.28. The Morgan fingerprint density at radius 2 is 1.69 bits per heavy atom. The maximum absolute atomic E-state index is 13.0. The van der Waals surface area contributed by atoms with Crippen LogP contribution in [0.3, 0.4) is 0 Å². The van der Waals surface area contributed by atoms with Gasteiger partial charge in [-0.3, -0.25) is 19.3 Å². The number of alkyl carbamates (subject to hydrolysis) is 1. The van der Waals surface area contributed by atoms with Crippen LogP contribution in [-0.2, 0) is 37.0 Å². The molecule has 168 valence electrons. The summed E-state index contributed by atoms with van der Waals surface area (Å²) in [5, 5.41) is 2.48. The Morgan fingerprint density at radius 1 is 1.00 bits per heavy atom. The van der Waals surface area contributed by atoms with Gasteiger partial charge in [0.25, 0.3) is 11.8 Å². The van der Waals surface area contributed by atoms with Crippen molar-refractivity contribution in [1.82, 2.24) is 10.2 Å². The van der Waals surface area contributed by atoms with E-state index in [9.17, 15) is 19.2 Å². The van der Waals surface area contributed by atoms with E-state index in [1.165, 1.54) is 14.0 Å². The molecule has 0 aromatic heterocycles. The second-order valence-electron chi connectivity index (χ2n) is 7.20. The molecule has 0 saturated carbocycles. The number of hydrogen-bond acceptors (Lipinski definition) is 7. The van der Waals surface area contributed by atoms with Crippen LogP contribution in [0.25, 0.3) is 0 Å². The van der Waals surface area contributed by atoms with Gasteiger partial charge in [-0.25, -0.2) is 4.79 Å². The summed E-state index contributed by atoms with van der Waals surface area (Å²) >= 11 is 0. The van der Waals surface area contributed by atoms with Gasteiger partial charge < -0.3 is 19.5 Å². The van der Waals surface area contributed by atoms with Gasteiger partial charge in [0.15, 0.2) is 6.10 Å². The lowest BCUT2D eigenvalue weighted by molar-refractivity contribution is -0.169. The minimum absolute atomic E-state index is 0.0233.